The van der Waals surface area contributed by atoms with Crippen LogP contribution in [-0.4, -0.2) is 62.0 Å². The standard InChI is InChI=1S/C17H34N2O2/c1-2-9-18-14-17(7-12-21-13-8-17)15-19(10-11-20)16-5-3-4-6-16/h16,18,20H,2-15H2,1H3. The normalized spacial score (nSPS) is 23.0. The molecule has 0 spiro atoms. The lowest BCUT2D eigenvalue weighted by molar-refractivity contribution is -0.0142. The van der Waals surface area contributed by atoms with E-state index in [1.165, 1.54) is 32.1 Å². The predicted octanol–water partition coefficient (Wildman–Crippen LogP) is 2.02. The minimum absolute atomic E-state index is 0.283. The molecule has 1 aliphatic carbocycles. The zero-order valence-corrected chi connectivity index (χ0v) is 13.8. The van der Waals surface area contributed by atoms with Crippen molar-refractivity contribution in [3.05, 3.63) is 0 Å². The number of aliphatic hydroxyl groups excluding tert-OH is 1. The van der Waals surface area contributed by atoms with Gasteiger partial charge in [-0.25, -0.2) is 0 Å². The fourth-order valence-electron chi connectivity index (χ4n) is 3.94. The van der Waals surface area contributed by atoms with Crippen molar-refractivity contribution in [2.24, 2.45) is 5.41 Å². The van der Waals surface area contributed by atoms with Crippen LogP contribution in [0.25, 0.3) is 0 Å². The van der Waals surface area contributed by atoms with E-state index in [9.17, 15) is 5.11 Å². The van der Waals surface area contributed by atoms with Crippen LogP contribution in [0.15, 0.2) is 0 Å². The second-order valence-electron chi connectivity index (χ2n) is 6.92. The molecule has 0 atom stereocenters. The van der Waals surface area contributed by atoms with Crippen molar-refractivity contribution in [1.82, 2.24) is 10.2 Å². The molecule has 0 amide bonds. The maximum Gasteiger partial charge on any atom is 0.0558 e. The van der Waals surface area contributed by atoms with Crippen LogP contribution in [0.5, 0.6) is 0 Å². The molecular weight excluding hydrogens is 264 g/mol. The summed E-state index contributed by atoms with van der Waals surface area (Å²) in [7, 11) is 0. The summed E-state index contributed by atoms with van der Waals surface area (Å²) in [6.07, 6.45) is 8.84. The van der Waals surface area contributed by atoms with E-state index in [0.717, 1.165) is 52.2 Å². The van der Waals surface area contributed by atoms with Crippen molar-refractivity contribution in [2.75, 3.05) is 46.0 Å². The lowest BCUT2D eigenvalue weighted by atomic mass is 9.79. The maximum absolute atomic E-state index is 9.44. The predicted molar refractivity (Wildman–Crippen MR) is 86.6 cm³/mol. The van der Waals surface area contributed by atoms with Gasteiger partial charge in [0, 0.05) is 38.9 Å². The Morgan fingerprint density at radius 1 is 1.24 bits per heavy atom. The zero-order chi connectivity index (χ0) is 15.0. The van der Waals surface area contributed by atoms with E-state index in [1.807, 2.05) is 0 Å². The Labute approximate surface area is 130 Å². The van der Waals surface area contributed by atoms with Gasteiger partial charge in [-0.3, -0.25) is 4.90 Å². The summed E-state index contributed by atoms with van der Waals surface area (Å²) in [6, 6.07) is 0.697. The molecule has 0 unspecified atom stereocenters. The van der Waals surface area contributed by atoms with Crippen molar-refractivity contribution >= 4 is 0 Å². The molecule has 0 aromatic heterocycles. The average molecular weight is 298 g/mol. The van der Waals surface area contributed by atoms with Crippen LogP contribution in [0.4, 0.5) is 0 Å². The van der Waals surface area contributed by atoms with Gasteiger partial charge in [0.1, 0.15) is 0 Å². The van der Waals surface area contributed by atoms with Crippen molar-refractivity contribution in [2.45, 2.75) is 57.9 Å². The number of aliphatic hydroxyl groups is 1. The number of nitrogens with zero attached hydrogens (tertiary/aromatic N) is 1. The van der Waals surface area contributed by atoms with Gasteiger partial charge in [-0.1, -0.05) is 19.8 Å². The number of rotatable bonds is 9. The molecule has 1 aliphatic heterocycles. The number of nitrogens with one attached hydrogen (secondary N) is 1. The number of hydrogen-bond acceptors (Lipinski definition) is 4. The van der Waals surface area contributed by atoms with Gasteiger partial charge < -0.3 is 15.2 Å². The highest BCUT2D eigenvalue weighted by Gasteiger charge is 2.36. The fourth-order valence-corrected chi connectivity index (χ4v) is 3.94. The summed E-state index contributed by atoms with van der Waals surface area (Å²) in [5.41, 5.74) is 0.338. The zero-order valence-electron chi connectivity index (χ0n) is 13.8. The highest BCUT2D eigenvalue weighted by Crippen LogP contribution is 2.34. The molecule has 0 radical (unpaired) electrons. The molecule has 4 nitrogen and oxygen atoms in total. The van der Waals surface area contributed by atoms with Gasteiger partial charge in [0.25, 0.3) is 0 Å². The third-order valence-corrected chi connectivity index (χ3v) is 5.25. The van der Waals surface area contributed by atoms with E-state index in [0.29, 0.717) is 11.5 Å². The SMILES string of the molecule is CCCNCC1(CN(CCO)C2CCCC2)CCOCC1. The van der Waals surface area contributed by atoms with Crippen LogP contribution < -0.4 is 5.32 Å². The molecule has 0 bridgehead atoms. The van der Waals surface area contributed by atoms with Crippen LogP contribution in [-0.2, 0) is 4.74 Å². The monoisotopic (exact) mass is 298 g/mol. The minimum Gasteiger partial charge on any atom is -0.395 e. The van der Waals surface area contributed by atoms with Gasteiger partial charge in [0.05, 0.1) is 6.61 Å². The van der Waals surface area contributed by atoms with Gasteiger partial charge >= 0.3 is 0 Å². The summed E-state index contributed by atoms with van der Waals surface area (Å²) in [5.74, 6) is 0. The number of ether oxygens (including phenoxy) is 1. The first-order valence-corrected chi connectivity index (χ1v) is 8.93. The summed E-state index contributed by atoms with van der Waals surface area (Å²) in [6.45, 7) is 8.45. The largest absolute Gasteiger partial charge is 0.395 e. The van der Waals surface area contributed by atoms with E-state index in [4.69, 9.17) is 4.74 Å². The van der Waals surface area contributed by atoms with Crippen molar-refractivity contribution in [3.63, 3.8) is 0 Å². The summed E-state index contributed by atoms with van der Waals surface area (Å²) in [5, 5.41) is 13.1. The van der Waals surface area contributed by atoms with Gasteiger partial charge in [0.2, 0.25) is 0 Å². The Balaban J connectivity index is 1.96. The Bertz CT molecular complexity index is 274. The van der Waals surface area contributed by atoms with Gasteiger partial charge in [-0.15, -0.1) is 0 Å². The van der Waals surface area contributed by atoms with Crippen LogP contribution in [0.1, 0.15) is 51.9 Å². The smallest absolute Gasteiger partial charge is 0.0558 e. The van der Waals surface area contributed by atoms with Gasteiger partial charge in [-0.2, -0.15) is 0 Å². The van der Waals surface area contributed by atoms with Crippen LogP contribution >= 0.6 is 0 Å². The third kappa shape index (κ3) is 5.20. The van der Waals surface area contributed by atoms with Gasteiger partial charge in [-0.05, 0) is 44.1 Å². The number of hydrogen-bond donors (Lipinski definition) is 2. The first kappa shape index (κ1) is 17.2. The van der Waals surface area contributed by atoms with Crippen molar-refractivity contribution in [3.8, 4) is 0 Å². The van der Waals surface area contributed by atoms with E-state index in [2.05, 4.69) is 17.1 Å². The molecule has 21 heavy (non-hydrogen) atoms. The first-order valence-electron chi connectivity index (χ1n) is 8.93. The molecule has 2 N–H and O–H groups in total. The molecule has 2 rings (SSSR count). The molecule has 124 valence electrons. The topological polar surface area (TPSA) is 44.7 Å². The lowest BCUT2D eigenvalue weighted by Gasteiger charge is -2.43. The summed E-state index contributed by atoms with van der Waals surface area (Å²) < 4.78 is 5.60. The van der Waals surface area contributed by atoms with Crippen LogP contribution in [0.3, 0.4) is 0 Å². The molecule has 0 aromatic rings. The Morgan fingerprint density at radius 3 is 2.57 bits per heavy atom. The highest BCUT2D eigenvalue weighted by atomic mass is 16.5. The molecule has 1 saturated heterocycles. The second-order valence-corrected chi connectivity index (χ2v) is 6.92. The Kier molecular flexibility index (Phi) is 7.44. The van der Waals surface area contributed by atoms with Crippen molar-refractivity contribution < 1.29 is 9.84 Å². The molecule has 0 aromatic carbocycles. The van der Waals surface area contributed by atoms with Crippen LogP contribution in [0.2, 0.25) is 0 Å². The molecule has 2 fully saturated rings. The molecule has 4 heteroatoms. The summed E-state index contributed by atoms with van der Waals surface area (Å²) >= 11 is 0. The third-order valence-electron chi connectivity index (χ3n) is 5.25. The Hall–Kier alpha value is -0.160. The van der Waals surface area contributed by atoms with Gasteiger partial charge in [0.15, 0.2) is 0 Å². The van der Waals surface area contributed by atoms with Crippen molar-refractivity contribution in [1.29, 1.82) is 0 Å². The lowest BCUT2D eigenvalue weighted by Crippen LogP contribution is -2.50. The Morgan fingerprint density at radius 2 is 1.95 bits per heavy atom. The second kappa shape index (κ2) is 9.09. The average Bonchev–Trinajstić information content (AvgIpc) is 3.02. The quantitative estimate of drug-likeness (QED) is 0.639. The molecule has 1 heterocycles. The maximum atomic E-state index is 9.44. The summed E-state index contributed by atoms with van der Waals surface area (Å²) in [4.78, 5) is 2.58. The van der Waals surface area contributed by atoms with E-state index in [-0.39, 0.29) is 6.61 Å². The van der Waals surface area contributed by atoms with E-state index >= 15 is 0 Å². The highest BCUT2D eigenvalue weighted by molar-refractivity contribution is 4.90. The van der Waals surface area contributed by atoms with E-state index in [1.54, 1.807) is 0 Å². The molecule has 1 saturated carbocycles. The molecular formula is C17H34N2O2. The van der Waals surface area contributed by atoms with E-state index < -0.39 is 0 Å². The first-order chi connectivity index (χ1) is 10.3. The minimum atomic E-state index is 0.283. The fraction of sp³-hybridized carbons (Fsp3) is 1.00. The molecule has 2 aliphatic rings. The van der Waals surface area contributed by atoms with Crippen LogP contribution in [0, 0.1) is 5.41 Å².